The van der Waals surface area contributed by atoms with Crippen LogP contribution in [0.2, 0.25) is 4.34 Å². The lowest BCUT2D eigenvalue weighted by atomic mass is 10.1. The normalized spacial score (nSPS) is 12.4. The predicted molar refractivity (Wildman–Crippen MR) is 137 cm³/mol. The van der Waals surface area contributed by atoms with Gasteiger partial charge in [-0.1, -0.05) is 29.8 Å². The average Bonchev–Trinajstić information content (AvgIpc) is 3.57. The number of esters is 2. The Kier molecular flexibility index (Phi) is 6.55. The number of hydrogen-bond donors (Lipinski definition) is 1. The molecule has 0 atom stereocenters. The second-order valence-corrected chi connectivity index (χ2v) is 10.7. The van der Waals surface area contributed by atoms with Crippen LogP contribution in [0.3, 0.4) is 0 Å². The number of anilines is 1. The Morgan fingerprint density at radius 3 is 2.69 bits per heavy atom. The Balaban J connectivity index is 1.35. The summed E-state index contributed by atoms with van der Waals surface area (Å²) in [5, 5.41) is 3.76. The summed E-state index contributed by atoms with van der Waals surface area (Å²) in [5.74, 6) is -1.67. The molecule has 10 heteroatoms. The third-order valence-electron chi connectivity index (χ3n) is 5.66. The van der Waals surface area contributed by atoms with Gasteiger partial charge in [0.25, 0.3) is 5.91 Å². The van der Waals surface area contributed by atoms with E-state index in [9.17, 15) is 14.4 Å². The number of fused-ring (bicyclic) bond motifs is 2. The number of nitrogens with zero attached hydrogens (tertiary/aromatic N) is 1. The van der Waals surface area contributed by atoms with Crippen LogP contribution in [-0.2, 0) is 27.1 Å². The van der Waals surface area contributed by atoms with Crippen molar-refractivity contribution in [2.75, 3.05) is 19.0 Å². The van der Waals surface area contributed by atoms with Gasteiger partial charge in [-0.05, 0) is 49.1 Å². The Labute approximate surface area is 213 Å². The summed E-state index contributed by atoms with van der Waals surface area (Å²) in [6.07, 6.45) is 2.60. The number of amides is 1. The number of para-hydroxylation sites is 1. The molecule has 0 bridgehead atoms. The molecule has 0 fully saturated rings. The summed E-state index contributed by atoms with van der Waals surface area (Å²) in [7, 11) is 1.31. The van der Waals surface area contributed by atoms with Gasteiger partial charge in [-0.2, -0.15) is 0 Å². The zero-order valence-electron chi connectivity index (χ0n) is 18.6. The number of aryl methyl sites for hydroxylation is 1. The van der Waals surface area contributed by atoms with Gasteiger partial charge in [-0.25, -0.2) is 14.6 Å². The number of halogens is 1. The molecule has 1 aliphatic rings. The lowest BCUT2D eigenvalue weighted by Crippen LogP contribution is -2.22. The highest BCUT2D eigenvalue weighted by atomic mass is 35.5. The first-order chi connectivity index (χ1) is 16.9. The number of rotatable bonds is 6. The number of ether oxygens (including phenoxy) is 2. The van der Waals surface area contributed by atoms with Gasteiger partial charge in [0.2, 0.25) is 0 Å². The number of hydrogen-bond acceptors (Lipinski definition) is 8. The first-order valence-electron chi connectivity index (χ1n) is 10.8. The number of benzene rings is 1. The van der Waals surface area contributed by atoms with Crippen LogP contribution in [0.4, 0.5) is 5.00 Å². The van der Waals surface area contributed by atoms with E-state index in [-0.39, 0.29) is 0 Å². The summed E-state index contributed by atoms with van der Waals surface area (Å²) >= 11 is 8.79. The van der Waals surface area contributed by atoms with Crippen LogP contribution in [-0.4, -0.2) is 36.5 Å². The minimum absolute atomic E-state index is 0.299. The third kappa shape index (κ3) is 4.67. The van der Waals surface area contributed by atoms with E-state index in [1.165, 1.54) is 29.8 Å². The van der Waals surface area contributed by atoms with Crippen molar-refractivity contribution in [1.29, 1.82) is 0 Å². The summed E-state index contributed by atoms with van der Waals surface area (Å²) in [4.78, 5) is 44.5. The Hall–Kier alpha value is -3.27. The van der Waals surface area contributed by atoms with Crippen molar-refractivity contribution in [3.8, 4) is 10.6 Å². The summed E-state index contributed by atoms with van der Waals surface area (Å²) in [5.41, 5.74) is 2.84. The van der Waals surface area contributed by atoms with Crippen molar-refractivity contribution in [3.63, 3.8) is 0 Å². The van der Waals surface area contributed by atoms with Gasteiger partial charge in [0.05, 0.1) is 38.7 Å². The van der Waals surface area contributed by atoms with E-state index in [0.717, 1.165) is 34.6 Å². The van der Waals surface area contributed by atoms with Gasteiger partial charge in [-0.15, -0.1) is 22.7 Å². The highest BCUT2D eigenvalue weighted by Crippen LogP contribution is 2.39. The van der Waals surface area contributed by atoms with Crippen molar-refractivity contribution in [3.05, 3.63) is 68.4 Å². The first kappa shape index (κ1) is 23.5. The molecule has 0 saturated heterocycles. The molecule has 7 nitrogen and oxygen atoms in total. The second-order valence-electron chi connectivity index (χ2n) is 7.85. The molecule has 1 N–H and O–H groups in total. The smallest absolute Gasteiger partial charge is 0.341 e. The fourth-order valence-corrected chi connectivity index (χ4v) is 6.40. The van der Waals surface area contributed by atoms with Gasteiger partial charge in [0.15, 0.2) is 6.61 Å². The summed E-state index contributed by atoms with van der Waals surface area (Å²) in [6, 6.07) is 12.5. The minimum atomic E-state index is -0.649. The maximum Gasteiger partial charge on any atom is 0.341 e. The average molecular weight is 527 g/mol. The van der Waals surface area contributed by atoms with Crippen molar-refractivity contribution < 1.29 is 23.9 Å². The van der Waals surface area contributed by atoms with E-state index < -0.39 is 24.5 Å². The van der Waals surface area contributed by atoms with Crippen molar-refractivity contribution in [1.82, 2.24) is 4.98 Å². The van der Waals surface area contributed by atoms with Crippen LogP contribution in [0.5, 0.6) is 0 Å². The van der Waals surface area contributed by atoms with E-state index in [0.29, 0.717) is 37.1 Å². The van der Waals surface area contributed by atoms with Crippen LogP contribution in [0.25, 0.3) is 21.5 Å². The van der Waals surface area contributed by atoms with Gasteiger partial charge < -0.3 is 14.8 Å². The lowest BCUT2D eigenvalue weighted by Gasteiger charge is -2.10. The monoisotopic (exact) mass is 526 g/mol. The Morgan fingerprint density at radius 1 is 1.09 bits per heavy atom. The molecule has 35 heavy (non-hydrogen) atoms. The molecule has 5 rings (SSSR count). The molecule has 1 aliphatic carbocycles. The molecule has 0 spiro atoms. The van der Waals surface area contributed by atoms with E-state index in [1.54, 1.807) is 24.3 Å². The van der Waals surface area contributed by atoms with Crippen LogP contribution >= 0.6 is 34.3 Å². The number of carbonyl (C=O) groups excluding carboxylic acids is 3. The number of nitrogens with one attached hydrogen (secondary N) is 1. The minimum Gasteiger partial charge on any atom is -0.465 e. The molecule has 178 valence electrons. The molecule has 0 saturated carbocycles. The third-order valence-corrected chi connectivity index (χ3v) is 8.12. The van der Waals surface area contributed by atoms with E-state index in [4.69, 9.17) is 21.1 Å². The molecule has 4 aromatic rings. The maximum atomic E-state index is 13.0. The molecule has 3 aromatic heterocycles. The predicted octanol–water partition coefficient (Wildman–Crippen LogP) is 5.75. The van der Waals surface area contributed by atoms with Crippen molar-refractivity contribution in [2.45, 2.75) is 19.3 Å². The van der Waals surface area contributed by atoms with Gasteiger partial charge in [0, 0.05) is 10.3 Å². The van der Waals surface area contributed by atoms with Crippen LogP contribution in [0, 0.1) is 0 Å². The van der Waals surface area contributed by atoms with Gasteiger partial charge in [0.1, 0.15) is 5.00 Å². The van der Waals surface area contributed by atoms with E-state index in [2.05, 4.69) is 10.3 Å². The molecular weight excluding hydrogens is 508 g/mol. The van der Waals surface area contributed by atoms with E-state index >= 15 is 0 Å². The maximum absolute atomic E-state index is 13.0. The topological polar surface area (TPSA) is 94.6 Å². The molecular formula is C25H19ClN2O5S2. The number of aromatic nitrogens is 1. The first-order valence-corrected chi connectivity index (χ1v) is 12.8. The summed E-state index contributed by atoms with van der Waals surface area (Å²) in [6.45, 7) is -0.501. The zero-order valence-corrected chi connectivity index (χ0v) is 20.9. The van der Waals surface area contributed by atoms with Crippen molar-refractivity contribution >= 4 is 68.0 Å². The molecule has 0 radical (unpaired) electrons. The number of thiophene rings is 2. The lowest BCUT2D eigenvalue weighted by molar-refractivity contribution is -0.119. The largest absolute Gasteiger partial charge is 0.465 e. The van der Waals surface area contributed by atoms with Gasteiger partial charge in [-0.3, -0.25) is 4.79 Å². The molecule has 0 unspecified atom stereocenters. The fourth-order valence-electron chi connectivity index (χ4n) is 4.10. The standard InChI is InChI=1S/C25H19ClN2O5S2/c1-32-25(31)22-14-6-4-8-18(14)35-23(22)28-21(29)12-33-24(30)15-11-17(19-9-10-20(26)34-19)27-16-7-3-2-5-13(15)16/h2-3,5,7,9-11H,4,6,8,12H2,1H3,(H,28,29). The van der Waals surface area contributed by atoms with E-state index in [1.807, 2.05) is 18.2 Å². The summed E-state index contributed by atoms with van der Waals surface area (Å²) < 4.78 is 10.9. The SMILES string of the molecule is COC(=O)c1c(NC(=O)COC(=O)c2cc(-c3ccc(Cl)s3)nc3ccccc23)sc2c1CCC2. The van der Waals surface area contributed by atoms with Crippen LogP contribution < -0.4 is 5.32 Å². The number of pyridine rings is 1. The Bertz CT molecular complexity index is 1480. The van der Waals surface area contributed by atoms with Gasteiger partial charge >= 0.3 is 11.9 Å². The number of carbonyl (C=O) groups is 3. The fraction of sp³-hybridized carbons (Fsp3) is 0.200. The quantitative estimate of drug-likeness (QED) is 0.321. The van der Waals surface area contributed by atoms with Crippen LogP contribution in [0.15, 0.2) is 42.5 Å². The second kappa shape index (κ2) is 9.77. The molecule has 0 aliphatic heterocycles. The zero-order chi connectivity index (χ0) is 24.5. The molecule has 3 heterocycles. The number of methoxy groups -OCH3 is 1. The highest BCUT2D eigenvalue weighted by molar-refractivity contribution is 7.19. The molecule has 1 aromatic carbocycles. The highest BCUT2D eigenvalue weighted by Gasteiger charge is 2.28. The molecule has 1 amide bonds. The van der Waals surface area contributed by atoms with Crippen molar-refractivity contribution in [2.24, 2.45) is 0 Å². The van der Waals surface area contributed by atoms with Crippen LogP contribution in [0.1, 0.15) is 37.6 Å². The Morgan fingerprint density at radius 2 is 1.91 bits per heavy atom.